The molecular formula is C51H95O23P. The van der Waals surface area contributed by atoms with Gasteiger partial charge < -0.3 is 89.5 Å². The number of ether oxygens (including phenoxy) is 6. The highest BCUT2D eigenvalue weighted by Crippen LogP contribution is 2.49. The molecule has 16 unspecified atom stereocenters. The Hall–Kier alpha value is -1.55. The molecule has 12 N–H and O–H groups in total. The lowest BCUT2D eigenvalue weighted by molar-refractivity contribution is -0.360. The average Bonchev–Trinajstić information content (AvgIpc) is 3.39. The largest absolute Gasteiger partial charge is 0.472 e. The zero-order chi connectivity index (χ0) is 55.3. The summed E-state index contributed by atoms with van der Waals surface area (Å²) in [7, 11) is -5.62. The van der Waals surface area contributed by atoms with Gasteiger partial charge in [-0.3, -0.25) is 18.6 Å². The minimum Gasteiger partial charge on any atom is -0.462 e. The van der Waals surface area contributed by atoms with Crippen molar-refractivity contribution in [2.24, 2.45) is 0 Å². The summed E-state index contributed by atoms with van der Waals surface area (Å²) in [6, 6.07) is 0. The number of unbranched alkanes of at least 4 members (excludes halogenated alkanes) is 22. The van der Waals surface area contributed by atoms with E-state index in [1.165, 1.54) is 83.5 Å². The number of hydrogen-bond acceptors (Lipinski definition) is 22. The Morgan fingerprint density at radius 3 is 1.17 bits per heavy atom. The molecule has 0 bridgehead atoms. The molecule has 0 amide bonds. The first kappa shape index (κ1) is 67.7. The van der Waals surface area contributed by atoms with E-state index in [1.807, 2.05) is 0 Å². The van der Waals surface area contributed by atoms with Gasteiger partial charge >= 0.3 is 19.8 Å². The molecule has 1 aliphatic carbocycles. The summed E-state index contributed by atoms with van der Waals surface area (Å²) in [6.45, 7) is 0.982. The Morgan fingerprint density at radius 2 is 0.800 bits per heavy atom. The van der Waals surface area contributed by atoms with E-state index in [0.717, 1.165) is 57.8 Å². The molecule has 2 aliphatic heterocycles. The molecule has 0 aromatic heterocycles. The maximum Gasteiger partial charge on any atom is 0.472 e. The van der Waals surface area contributed by atoms with Crippen LogP contribution >= 0.6 is 7.82 Å². The van der Waals surface area contributed by atoms with Crippen molar-refractivity contribution in [2.45, 2.75) is 285 Å². The van der Waals surface area contributed by atoms with E-state index in [9.17, 15) is 75.2 Å². The second-order valence-electron chi connectivity index (χ2n) is 20.5. The summed E-state index contributed by atoms with van der Waals surface area (Å²) in [5.74, 6) is -1.33. The van der Waals surface area contributed by atoms with Crippen LogP contribution in [0.15, 0.2) is 0 Å². The highest BCUT2D eigenvalue weighted by Gasteiger charge is 2.58. The van der Waals surface area contributed by atoms with Crippen LogP contribution in [-0.4, -0.2) is 204 Å². The van der Waals surface area contributed by atoms with Crippen LogP contribution in [0.2, 0.25) is 0 Å². The van der Waals surface area contributed by atoms with Crippen LogP contribution in [0.4, 0.5) is 0 Å². The number of phosphoric ester groups is 1. The molecular weight excluding hydrogens is 1010 g/mol. The Bertz CT molecular complexity index is 1510. The highest BCUT2D eigenvalue weighted by molar-refractivity contribution is 7.47. The number of phosphoric acid groups is 1. The van der Waals surface area contributed by atoms with Crippen molar-refractivity contribution < 1.29 is 113 Å². The molecule has 0 spiro atoms. The van der Waals surface area contributed by atoms with Crippen molar-refractivity contribution in [3.63, 3.8) is 0 Å². The zero-order valence-electron chi connectivity index (χ0n) is 44.3. The van der Waals surface area contributed by atoms with Crippen LogP contribution in [0.5, 0.6) is 0 Å². The van der Waals surface area contributed by atoms with E-state index in [0.29, 0.717) is 12.8 Å². The Labute approximate surface area is 442 Å². The fourth-order valence-corrected chi connectivity index (χ4v) is 10.4. The van der Waals surface area contributed by atoms with E-state index in [1.54, 1.807) is 0 Å². The lowest BCUT2D eigenvalue weighted by Crippen LogP contribution is -2.69. The van der Waals surface area contributed by atoms with Gasteiger partial charge in [0, 0.05) is 12.8 Å². The molecule has 0 radical (unpaired) electrons. The summed E-state index contributed by atoms with van der Waals surface area (Å²) in [5.41, 5.74) is 0. The van der Waals surface area contributed by atoms with Crippen LogP contribution in [0.1, 0.15) is 181 Å². The standard InChI is InChI=1S/C51H95O23P/c1-3-5-7-9-11-13-15-16-18-19-21-23-25-27-36(54)67-31-33(69-37(55)28-26-24-22-20-17-14-12-10-8-6-4-2)32-68-75(65,66)74-49-47(72-50-45(63)40(58)38(56)34(29-52)70-50)43(61)42(60)44(62)48(49)73-51-46(64)41(59)39(57)35(30-53)71-51/h33-35,38-53,56-64H,3-32H2,1-2H3,(H,65,66). The van der Waals surface area contributed by atoms with Gasteiger partial charge in [-0.1, -0.05) is 155 Å². The first-order chi connectivity index (χ1) is 35.9. The van der Waals surface area contributed by atoms with Gasteiger partial charge in [-0.05, 0) is 12.8 Å². The second-order valence-corrected chi connectivity index (χ2v) is 21.9. The maximum absolute atomic E-state index is 14.0. The van der Waals surface area contributed by atoms with Crippen LogP contribution in [0.25, 0.3) is 0 Å². The fourth-order valence-electron chi connectivity index (χ4n) is 9.47. The second kappa shape index (κ2) is 37.4. The molecule has 0 aromatic rings. The van der Waals surface area contributed by atoms with Crippen molar-refractivity contribution in [1.29, 1.82) is 0 Å². The SMILES string of the molecule is CCCCCCCCCCCCCCCC(=O)OCC(COP(=O)(O)OC1C(OC2OC(CO)C(O)C(O)C2O)C(O)C(O)C(O)C1OC1OC(CO)C(O)C(O)C1O)OC(=O)CCCCCCCCCCCCC. The number of aliphatic hydroxyl groups is 11. The van der Waals surface area contributed by atoms with Gasteiger partial charge in [0.1, 0.15) is 92.1 Å². The number of rotatable bonds is 40. The normalized spacial score (nSPS) is 32.5. The first-order valence-corrected chi connectivity index (χ1v) is 29.4. The van der Waals surface area contributed by atoms with Crippen molar-refractivity contribution in [3.8, 4) is 0 Å². The van der Waals surface area contributed by atoms with Crippen molar-refractivity contribution in [3.05, 3.63) is 0 Å². The third-order valence-electron chi connectivity index (χ3n) is 14.2. The van der Waals surface area contributed by atoms with E-state index >= 15 is 0 Å². The molecule has 23 nitrogen and oxygen atoms in total. The average molecular weight is 1110 g/mol. The number of aliphatic hydroxyl groups excluding tert-OH is 11. The number of carbonyl (C=O) groups is 2. The topological polar surface area (TPSA) is 368 Å². The van der Waals surface area contributed by atoms with Crippen LogP contribution in [0, 0.1) is 0 Å². The predicted molar refractivity (Wildman–Crippen MR) is 268 cm³/mol. The van der Waals surface area contributed by atoms with Crippen LogP contribution < -0.4 is 0 Å². The third-order valence-corrected chi connectivity index (χ3v) is 15.2. The van der Waals surface area contributed by atoms with Gasteiger partial charge in [0.25, 0.3) is 0 Å². The van der Waals surface area contributed by atoms with Crippen LogP contribution in [0.3, 0.4) is 0 Å². The minimum absolute atomic E-state index is 0.0260. The van der Waals surface area contributed by atoms with Gasteiger partial charge in [0.15, 0.2) is 18.7 Å². The smallest absolute Gasteiger partial charge is 0.462 e. The molecule has 24 heteroatoms. The number of esters is 2. The van der Waals surface area contributed by atoms with Crippen molar-refractivity contribution >= 4 is 19.8 Å². The van der Waals surface area contributed by atoms with Gasteiger partial charge in [-0.2, -0.15) is 0 Å². The van der Waals surface area contributed by atoms with E-state index in [4.69, 9.17) is 37.5 Å². The Morgan fingerprint density at radius 1 is 0.453 bits per heavy atom. The molecule has 3 fully saturated rings. The molecule has 2 saturated heterocycles. The van der Waals surface area contributed by atoms with Crippen molar-refractivity contribution in [1.82, 2.24) is 0 Å². The number of hydrogen-bond donors (Lipinski definition) is 12. The lowest BCUT2D eigenvalue weighted by Gasteiger charge is -2.49. The third kappa shape index (κ3) is 24.0. The lowest BCUT2D eigenvalue weighted by atomic mass is 9.84. The van der Waals surface area contributed by atoms with Crippen molar-refractivity contribution in [2.75, 3.05) is 26.4 Å². The van der Waals surface area contributed by atoms with E-state index < -0.39 is 150 Å². The van der Waals surface area contributed by atoms with E-state index in [-0.39, 0.29) is 12.8 Å². The minimum atomic E-state index is -5.62. The summed E-state index contributed by atoms with van der Waals surface area (Å²) in [6.07, 6.45) is -8.85. The predicted octanol–water partition coefficient (Wildman–Crippen LogP) is 2.59. The molecule has 2 heterocycles. The fraction of sp³-hybridized carbons (Fsp3) is 0.961. The maximum atomic E-state index is 14.0. The highest BCUT2D eigenvalue weighted by atomic mass is 31.2. The molecule has 0 aromatic carbocycles. The monoisotopic (exact) mass is 1110 g/mol. The van der Waals surface area contributed by atoms with E-state index in [2.05, 4.69) is 13.8 Å². The Kier molecular flexibility index (Phi) is 33.8. The molecule has 3 aliphatic rings. The summed E-state index contributed by atoms with van der Waals surface area (Å²) in [5, 5.41) is 116. The quantitative estimate of drug-likeness (QED) is 0.0238. The van der Waals surface area contributed by atoms with Gasteiger partial charge in [0.2, 0.25) is 0 Å². The van der Waals surface area contributed by atoms with Gasteiger partial charge in [-0.15, -0.1) is 0 Å². The van der Waals surface area contributed by atoms with Crippen LogP contribution in [-0.2, 0) is 51.6 Å². The van der Waals surface area contributed by atoms with Gasteiger partial charge in [-0.25, -0.2) is 4.57 Å². The Balaban J connectivity index is 1.74. The molecule has 16 atom stereocenters. The molecule has 75 heavy (non-hydrogen) atoms. The van der Waals surface area contributed by atoms with Gasteiger partial charge in [0.05, 0.1) is 19.8 Å². The summed E-state index contributed by atoms with van der Waals surface area (Å²) >= 11 is 0. The number of carbonyl (C=O) groups excluding carboxylic acids is 2. The molecule has 3 rings (SSSR count). The first-order valence-electron chi connectivity index (χ1n) is 27.9. The zero-order valence-corrected chi connectivity index (χ0v) is 45.2. The summed E-state index contributed by atoms with van der Waals surface area (Å²) in [4.78, 5) is 37.3. The molecule has 442 valence electrons. The molecule has 1 saturated carbocycles. The summed E-state index contributed by atoms with van der Waals surface area (Å²) < 4.78 is 58.0.